The molecule has 0 aromatic rings. The predicted molar refractivity (Wildman–Crippen MR) is 52.5 cm³/mol. The summed E-state index contributed by atoms with van der Waals surface area (Å²) in [5.74, 6) is 0.564. The average molecular weight is 198 g/mol. The molecule has 1 heterocycles. The highest BCUT2D eigenvalue weighted by molar-refractivity contribution is 5.87. The lowest BCUT2D eigenvalue weighted by Crippen LogP contribution is -2.64. The summed E-state index contributed by atoms with van der Waals surface area (Å²) < 4.78 is 0. The molecule has 14 heavy (non-hydrogen) atoms. The summed E-state index contributed by atoms with van der Waals surface area (Å²) in [6, 6.07) is 0.149. The largest absolute Gasteiger partial charge is 0.396 e. The molecule has 0 aromatic heterocycles. The minimum Gasteiger partial charge on any atom is -0.396 e. The summed E-state index contributed by atoms with van der Waals surface area (Å²) in [6.07, 6.45) is 4.15. The van der Waals surface area contributed by atoms with Crippen molar-refractivity contribution < 1.29 is 9.90 Å². The molecule has 1 amide bonds. The molecule has 1 aliphatic carbocycles. The average Bonchev–Trinajstić information content (AvgIpc) is 2.25. The van der Waals surface area contributed by atoms with Gasteiger partial charge >= 0.3 is 0 Å². The molecule has 2 rings (SSSR count). The van der Waals surface area contributed by atoms with Crippen LogP contribution in [0.5, 0.6) is 0 Å². The molecule has 0 bridgehead atoms. The number of aliphatic hydroxyl groups excluding tert-OH is 1. The lowest BCUT2D eigenvalue weighted by atomic mass is 9.84. The van der Waals surface area contributed by atoms with Gasteiger partial charge < -0.3 is 15.7 Å². The van der Waals surface area contributed by atoms with Crippen LogP contribution in [0.2, 0.25) is 0 Å². The van der Waals surface area contributed by atoms with Gasteiger partial charge in [-0.15, -0.1) is 0 Å². The van der Waals surface area contributed by atoms with Crippen LogP contribution in [0.25, 0.3) is 0 Å². The van der Waals surface area contributed by atoms with Crippen molar-refractivity contribution in [3.8, 4) is 0 Å². The van der Waals surface area contributed by atoms with Gasteiger partial charge in [-0.1, -0.05) is 0 Å². The van der Waals surface area contributed by atoms with Crippen LogP contribution in [-0.2, 0) is 4.79 Å². The van der Waals surface area contributed by atoms with Crippen LogP contribution >= 0.6 is 0 Å². The molecule has 0 spiro atoms. The summed E-state index contributed by atoms with van der Waals surface area (Å²) in [6.45, 7) is 1.02. The van der Waals surface area contributed by atoms with Crippen molar-refractivity contribution in [2.75, 3.05) is 13.2 Å². The fraction of sp³-hybridized carbons (Fsp3) is 0.900. The molecule has 4 heteroatoms. The van der Waals surface area contributed by atoms with E-state index in [1.54, 1.807) is 0 Å². The summed E-state index contributed by atoms with van der Waals surface area (Å²) in [5, 5.41) is 8.98. The number of β-lactam (4-membered cyclic amide) rings is 1. The molecule has 1 saturated carbocycles. The van der Waals surface area contributed by atoms with Gasteiger partial charge in [-0.3, -0.25) is 4.79 Å². The Kier molecular flexibility index (Phi) is 2.74. The van der Waals surface area contributed by atoms with Crippen molar-refractivity contribution in [3.05, 3.63) is 0 Å². The van der Waals surface area contributed by atoms with Crippen molar-refractivity contribution in [3.63, 3.8) is 0 Å². The van der Waals surface area contributed by atoms with E-state index in [9.17, 15) is 4.79 Å². The summed E-state index contributed by atoms with van der Waals surface area (Å²) in [5.41, 5.74) is 5.54. The van der Waals surface area contributed by atoms with Crippen LogP contribution in [0.3, 0.4) is 0 Å². The number of rotatable bonds is 2. The van der Waals surface area contributed by atoms with Gasteiger partial charge in [-0.05, 0) is 31.6 Å². The maximum Gasteiger partial charge on any atom is 0.241 e. The Morgan fingerprint density at radius 1 is 1.36 bits per heavy atom. The highest BCUT2D eigenvalue weighted by Crippen LogP contribution is 2.29. The Balaban J connectivity index is 1.81. The van der Waals surface area contributed by atoms with E-state index in [-0.39, 0.29) is 11.9 Å². The number of nitrogens with two attached hydrogens (primary N) is 1. The quantitative estimate of drug-likeness (QED) is 0.599. The zero-order valence-corrected chi connectivity index (χ0v) is 8.35. The van der Waals surface area contributed by atoms with E-state index >= 15 is 0 Å². The van der Waals surface area contributed by atoms with Crippen LogP contribution in [0.1, 0.15) is 25.7 Å². The van der Waals surface area contributed by atoms with Gasteiger partial charge in [0.05, 0.1) is 0 Å². The number of hydrogen-bond acceptors (Lipinski definition) is 3. The minimum atomic E-state index is -0.245. The van der Waals surface area contributed by atoms with Crippen molar-refractivity contribution in [2.24, 2.45) is 11.7 Å². The summed E-state index contributed by atoms with van der Waals surface area (Å²) in [7, 11) is 0. The number of likely N-dealkylation sites (tertiary alicyclic amines) is 1. The number of aliphatic hydroxyl groups is 1. The third kappa shape index (κ3) is 1.64. The first-order chi connectivity index (χ1) is 6.72. The topological polar surface area (TPSA) is 66.6 Å². The lowest BCUT2D eigenvalue weighted by molar-refractivity contribution is -0.146. The Morgan fingerprint density at radius 2 is 2.00 bits per heavy atom. The molecule has 1 unspecified atom stereocenters. The molecule has 2 fully saturated rings. The van der Waals surface area contributed by atoms with Gasteiger partial charge in [0.15, 0.2) is 0 Å². The van der Waals surface area contributed by atoms with Gasteiger partial charge in [0.1, 0.15) is 6.04 Å². The standard InChI is InChI=1S/C10H18N2O2/c11-9-5-12(10(9)14)8-3-1-7(6-13)2-4-8/h7-9,13H,1-6,11H2. The zero-order valence-electron chi connectivity index (χ0n) is 8.35. The lowest BCUT2D eigenvalue weighted by Gasteiger charge is -2.44. The van der Waals surface area contributed by atoms with Crippen LogP contribution in [-0.4, -0.2) is 41.1 Å². The van der Waals surface area contributed by atoms with E-state index in [2.05, 4.69) is 0 Å². The number of amides is 1. The van der Waals surface area contributed by atoms with Crippen LogP contribution in [0.4, 0.5) is 0 Å². The number of carbonyl (C=O) groups excluding carboxylic acids is 1. The molecule has 0 radical (unpaired) electrons. The van der Waals surface area contributed by atoms with E-state index in [4.69, 9.17) is 10.8 Å². The van der Waals surface area contributed by atoms with Gasteiger partial charge in [-0.2, -0.15) is 0 Å². The van der Waals surface area contributed by atoms with E-state index in [1.165, 1.54) is 0 Å². The smallest absolute Gasteiger partial charge is 0.241 e. The molecule has 1 saturated heterocycles. The molecule has 3 N–H and O–H groups in total. The van der Waals surface area contributed by atoms with Crippen molar-refractivity contribution >= 4 is 5.91 Å². The second-order valence-electron chi connectivity index (χ2n) is 4.45. The Morgan fingerprint density at radius 3 is 2.43 bits per heavy atom. The monoisotopic (exact) mass is 198 g/mol. The SMILES string of the molecule is NC1CN(C2CCC(CO)CC2)C1=O. The Hall–Kier alpha value is -0.610. The highest BCUT2D eigenvalue weighted by Gasteiger charge is 2.39. The third-order valence-electron chi connectivity index (χ3n) is 3.51. The van der Waals surface area contributed by atoms with Gasteiger partial charge in [0, 0.05) is 19.2 Å². The molecule has 1 aliphatic heterocycles. The molecule has 80 valence electrons. The Bertz CT molecular complexity index is 224. The number of hydrogen-bond donors (Lipinski definition) is 2. The van der Waals surface area contributed by atoms with Crippen molar-refractivity contribution in [1.29, 1.82) is 0 Å². The first kappa shape index (κ1) is 9.93. The van der Waals surface area contributed by atoms with Gasteiger partial charge in [0.25, 0.3) is 0 Å². The van der Waals surface area contributed by atoms with E-state index in [0.717, 1.165) is 32.2 Å². The van der Waals surface area contributed by atoms with E-state index < -0.39 is 0 Å². The van der Waals surface area contributed by atoms with Crippen molar-refractivity contribution in [1.82, 2.24) is 4.90 Å². The second kappa shape index (κ2) is 3.87. The predicted octanol–water partition coefficient (Wildman–Crippen LogP) is -0.293. The third-order valence-corrected chi connectivity index (χ3v) is 3.51. The molecule has 4 nitrogen and oxygen atoms in total. The summed E-state index contributed by atoms with van der Waals surface area (Å²) in [4.78, 5) is 13.3. The molecule has 0 aromatic carbocycles. The van der Waals surface area contributed by atoms with Crippen LogP contribution < -0.4 is 5.73 Å². The van der Waals surface area contributed by atoms with E-state index in [1.807, 2.05) is 4.90 Å². The normalized spacial score (nSPS) is 38.3. The number of nitrogens with zero attached hydrogens (tertiary/aromatic N) is 1. The maximum absolute atomic E-state index is 11.4. The first-order valence-corrected chi connectivity index (χ1v) is 5.39. The van der Waals surface area contributed by atoms with Crippen molar-refractivity contribution in [2.45, 2.75) is 37.8 Å². The minimum absolute atomic E-state index is 0.109. The molecular weight excluding hydrogens is 180 g/mol. The van der Waals surface area contributed by atoms with Gasteiger partial charge in [0.2, 0.25) is 5.91 Å². The van der Waals surface area contributed by atoms with E-state index in [0.29, 0.717) is 18.6 Å². The summed E-state index contributed by atoms with van der Waals surface area (Å²) >= 11 is 0. The highest BCUT2D eigenvalue weighted by atomic mass is 16.3. The Labute approximate surface area is 84.1 Å². The maximum atomic E-state index is 11.4. The molecule has 2 aliphatic rings. The number of carbonyl (C=O) groups is 1. The fourth-order valence-electron chi connectivity index (χ4n) is 2.45. The second-order valence-corrected chi connectivity index (χ2v) is 4.45. The first-order valence-electron chi connectivity index (χ1n) is 5.39. The molecule has 1 atom stereocenters. The van der Waals surface area contributed by atoms with Gasteiger partial charge in [-0.25, -0.2) is 0 Å². The fourth-order valence-corrected chi connectivity index (χ4v) is 2.45. The molecular formula is C10H18N2O2. The van der Waals surface area contributed by atoms with Crippen LogP contribution in [0, 0.1) is 5.92 Å². The zero-order chi connectivity index (χ0) is 10.1. The van der Waals surface area contributed by atoms with Crippen LogP contribution in [0.15, 0.2) is 0 Å².